The van der Waals surface area contributed by atoms with E-state index in [-0.39, 0.29) is 0 Å². The van der Waals surface area contributed by atoms with Gasteiger partial charge in [-0.1, -0.05) is 43.5 Å². The van der Waals surface area contributed by atoms with Gasteiger partial charge in [-0.25, -0.2) is 0 Å². The molecule has 0 bridgehead atoms. The molecule has 1 unspecified atom stereocenters. The lowest BCUT2D eigenvalue weighted by Gasteiger charge is -2.30. The van der Waals surface area contributed by atoms with E-state index in [0.717, 1.165) is 5.92 Å². The van der Waals surface area contributed by atoms with E-state index in [2.05, 4.69) is 50.4 Å². The molecule has 1 N–H and O–H groups in total. The van der Waals surface area contributed by atoms with Crippen LogP contribution in [0.3, 0.4) is 0 Å². The second-order valence-corrected chi connectivity index (χ2v) is 5.68. The van der Waals surface area contributed by atoms with E-state index in [0.29, 0.717) is 12.1 Å². The fourth-order valence-corrected chi connectivity index (χ4v) is 2.89. The van der Waals surface area contributed by atoms with Crippen LogP contribution < -0.4 is 5.32 Å². The molecule has 1 aromatic rings. The largest absolute Gasteiger partial charge is 0.308 e. The van der Waals surface area contributed by atoms with Gasteiger partial charge >= 0.3 is 0 Å². The Hall–Kier alpha value is -0.820. The lowest BCUT2D eigenvalue weighted by Crippen LogP contribution is -2.32. The zero-order valence-electron chi connectivity index (χ0n) is 11.4. The molecule has 1 aliphatic carbocycles. The Labute approximate surface area is 106 Å². The van der Waals surface area contributed by atoms with E-state index in [1.807, 2.05) is 0 Å². The first-order valence-corrected chi connectivity index (χ1v) is 6.98. The molecule has 0 aromatic heterocycles. The molecule has 17 heavy (non-hydrogen) atoms. The molecule has 0 radical (unpaired) electrons. The topological polar surface area (TPSA) is 12.0 Å². The lowest BCUT2D eigenvalue weighted by molar-refractivity contribution is 0.259. The first-order valence-electron chi connectivity index (χ1n) is 6.98. The van der Waals surface area contributed by atoms with Crippen LogP contribution in [0.25, 0.3) is 0 Å². The molecule has 1 aromatic carbocycles. The number of benzene rings is 1. The minimum absolute atomic E-state index is 0.464. The fraction of sp³-hybridized carbons (Fsp3) is 0.625. The Morgan fingerprint density at radius 3 is 2.53 bits per heavy atom. The molecule has 2 atom stereocenters. The van der Waals surface area contributed by atoms with Crippen LogP contribution in [0.2, 0.25) is 0 Å². The maximum atomic E-state index is 3.74. The third kappa shape index (κ3) is 3.32. The van der Waals surface area contributed by atoms with Crippen molar-refractivity contribution < 1.29 is 0 Å². The number of nitrogens with one attached hydrogen (secondary N) is 1. The lowest BCUT2D eigenvalue weighted by atomic mass is 9.81. The van der Waals surface area contributed by atoms with E-state index in [1.54, 1.807) is 0 Å². The van der Waals surface area contributed by atoms with Crippen LogP contribution in [0.1, 0.15) is 56.7 Å². The minimum atomic E-state index is 0.464. The van der Waals surface area contributed by atoms with Crippen LogP contribution in [-0.4, -0.2) is 6.04 Å². The standard InChI is InChI=1S/C16H25N/c1-12-7-4-5-10-16(12)14(3)17-13(2)11-15-8-6-9-15/h4-5,7,10,13-15,17H,6,8-9,11H2,1-3H3/t13?,14-/m0/s1. The summed E-state index contributed by atoms with van der Waals surface area (Å²) in [5.41, 5.74) is 2.83. The summed E-state index contributed by atoms with van der Waals surface area (Å²) in [6.07, 6.45) is 5.69. The van der Waals surface area contributed by atoms with Crippen LogP contribution in [0.15, 0.2) is 24.3 Å². The van der Waals surface area contributed by atoms with Gasteiger partial charge in [-0.15, -0.1) is 0 Å². The predicted octanol–water partition coefficient (Wildman–Crippen LogP) is 4.22. The van der Waals surface area contributed by atoms with Gasteiger partial charge in [0.05, 0.1) is 0 Å². The maximum absolute atomic E-state index is 3.74. The zero-order valence-corrected chi connectivity index (χ0v) is 11.4. The Morgan fingerprint density at radius 1 is 1.24 bits per heavy atom. The summed E-state index contributed by atoms with van der Waals surface area (Å²) in [5.74, 6) is 0.988. The second-order valence-electron chi connectivity index (χ2n) is 5.68. The highest BCUT2D eigenvalue weighted by molar-refractivity contribution is 5.28. The Kier molecular flexibility index (Phi) is 4.22. The average Bonchev–Trinajstić information content (AvgIpc) is 2.24. The maximum Gasteiger partial charge on any atom is 0.0296 e. The van der Waals surface area contributed by atoms with E-state index >= 15 is 0 Å². The molecule has 94 valence electrons. The normalized spacial score (nSPS) is 19.7. The van der Waals surface area contributed by atoms with Crippen LogP contribution >= 0.6 is 0 Å². The quantitative estimate of drug-likeness (QED) is 0.800. The van der Waals surface area contributed by atoms with E-state index in [1.165, 1.54) is 36.8 Å². The molecular formula is C16H25N. The number of aryl methyl sites for hydroxylation is 1. The summed E-state index contributed by atoms with van der Waals surface area (Å²) >= 11 is 0. The molecule has 1 fully saturated rings. The Morgan fingerprint density at radius 2 is 1.94 bits per heavy atom. The van der Waals surface area contributed by atoms with Crippen LogP contribution in [-0.2, 0) is 0 Å². The Balaban J connectivity index is 1.87. The molecule has 0 aliphatic heterocycles. The van der Waals surface area contributed by atoms with Crippen LogP contribution in [0.5, 0.6) is 0 Å². The van der Waals surface area contributed by atoms with E-state index in [4.69, 9.17) is 0 Å². The number of rotatable bonds is 5. The van der Waals surface area contributed by atoms with Crippen molar-refractivity contribution in [1.29, 1.82) is 0 Å². The molecule has 2 rings (SSSR count). The highest BCUT2D eigenvalue weighted by Gasteiger charge is 2.21. The molecule has 1 heteroatoms. The first-order chi connectivity index (χ1) is 8.16. The minimum Gasteiger partial charge on any atom is -0.308 e. The monoisotopic (exact) mass is 231 g/mol. The van der Waals surface area contributed by atoms with Gasteiger partial charge in [0, 0.05) is 12.1 Å². The van der Waals surface area contributed by atoms with Crippen molar-refractivity contribution in [3.63, 3.8) is 0 Å². The van der Waals surface area contributed by atoms with Gasteiger partial charge in [0.25, 0.3) is 0 Å². The number of hydrogen-bond acceptors (Lipinski definition) is 1. The smallest absolute Gasteiger partial charge is 0.0296 e. The number of hydrogen-bond donors (Lipinski definition) is 1. The molecule has 1 nitrogen and oxygen atoms in total. The van der Waals surface area contributed by atoms with Crippen molar-refractivity contribution >= 4 is 0 Å². The predicted molar refractivity (Wildman–Crippen MR) is 74.1 cm³/mol. The molecule has 1 saturated carbocycles. The van der Waals surface area contributed by atoms with Crippen LogP contribution in [0, 0.1) is 12.8 Å². The summed E-state index contributed by atoms with van der Waals surface area (Å²) in [7, 11) is 0. The molecular weight excluding hydrogens is 206 g/mol. The van der Waals surface area contributed by atoms with Gasteiger partial charge in [-0.2, -0.15) is 0 Å². The molecule has 0 amide bonds. The highest BCUT2D eigenvalue weighted by atomic mass is 14.9. The Bertz CT molecular complexity index is 354. The highest BCUT2D eigenvalue weighted by Crippen LogP contribution is 2.31. The summed E-state index contributed by atoms with van der Waals surface area (Å²) in [6, 6.07) is 9.79. The van der Waals surface area contributed by atoms with Crippen molar-refractivity contribution in [3.05, 3.63) is 35.4 Å². The van der Waals surface area contributed by atoms with Gasteiger partial charge in [-0.05, 0) is 44.2 Å². The van der Waals surface area contributed by atoms with Gasteiger partial charge in [-0.3, -0.25) is 0 Å². The van der Waals surface area contributed by atoms with Crippen molar-refractivity contribution in [3.8, 4) is 0 Å². The van der Waals surface area contributed by atoms with Crippen molar-refractivity contribution in [2.45, 2.75) is 58.5 Å². The zero-order chi connectivity index (χ0) is 12.3. The first kappa shape index (κ1) is 12.6. The summed E-state index contributed by atoms with van der Waals surface area (Å²) < 4.78 is 0. The summed E-state index contributed by atoms with van der Waals surface area (Å²) in [5, 5.41) is 3.74. The van der Waals surface area contributed by atoms with E-state index in [9.17, 15) is 0 Å². The average molecular weight is 231 g/mol. The third-order valence-electron chi connectivity index (χ3n) is 4.10. The molecule has 0 saturated heterocycles. The molecule has 0 heterocycles. The van der Waals surface area contributed by atoms with Crippen molar-refractivity contribution in [1.82, 2.24) is 5.32 Å². The second kappa shape index (κ2) is 5.68. The summed E-state index contributed by atoms with van der Waals surface area (Å²) in [6.45, 7) is 6.80. The van der Waals surface area contributed by atoms with Gasteiger partial charge in [0.15, 0.2) is 0 Å². The SMILES string of the molecule is Cc1ccccc1[C@H](C)NC(C)CC1CCC1. The molecule has 0 spiro atoms. The fourth-order valence-electron chi connectivity index (χ4n) is 2.89. The van der Waals surface area contributed by atoms with E-state index < -0.39 is 0 Å². The summed E-state index contributed by atoms with van der Waals surface area (Å²) in [4.78, 5) is 0. The van der Waals surface area contributed by atoms with Gasteiger partial charge in [0.2, 0.25) is 0 Å². The van der Waals surface area contributed by atoms with Crippen molar-refractivity contribution in [2.75, 3.05) is 0 Å². The van der Waals surface area contributed by atoms with Crippen LogP contribution in [0.4, 0.5) is 0 Å². The third-order valence-corrected chi connectivity index (χ3v) is 4.10. The van der Waals surface area contributed by atoms with Gasteiger partial charge < -0.3 is 5.32 Å². The van der Waals surface area contributed by atoms with Crippen molar-refractivity contribution in [2.24, 2.45) is 5.92 Å². The van der Waals surface area contributed by atoms with Gasteiger partial charge in [0.1, 0.15) is 0 Å². The molecule has 1 aliphatic rings.